The van der Waals surface area contributed by atoms with Crippen molar-refractivity contribution in [2.24, 2.45) is 0 Å². The van der Waals surface area contributed by atoms with Crippen LogP contribution >= 0.6 is 0 Å². The molecule has 686 valence electrons. The quantitative estimate of drug-likeness (QED) is 0.0250. The minimum Gasteiger partial charge on any atom is -0.493 e. The molecule has 0 saturated heterocycles. The van der Waals surface area contributed by atoms with Gasteiger partial charge in [-0.1, -0.05) is 12.1 Å². The molecule has 12 aromatic rings. The predicted molar refractivity (Wildman–Crippen MR) is 471 cm³/mol. The fourth-order valence-electron chi connectivity index (χ4n) is 15.3. The third-order valence-corrected chi connectivity index (χ3v) is 27.2. The molecule has 8 N–H and O–H groups in total. The van der Waals surface area contributed by atoms with Crippen molar-refractivity contribution in [3.8, 4) is 85.3 Å². The number of rotatable bonds is 26. The van der Waals surface area contributed by atoms with E-state index in [1.165, 1.54) is 61.1 Å². The molecule has 9 aliphatic rings. The number of nitrogens with one attached hydrogen (secondary N) is 8. The van der Waals surface area contributed by atoms with E-state index in [2.05, 4.69) is 71.1 Å². The van der Waals surface area contributed by atoms with E-state index < -0.39 is 84.9 Å². The van der Waals surface area contributed by atoms with Crippen molar-refractivity contribution in [3.63, 3.8) is 0 Å². The van der Waals surface area contributed by atoms with E-state index in [4.69, 9.17) is 36.6 Å². The largest absolute Gasteiger partial charge is 0.493 e. The van der Waals surface area contributed by atoms with Gasteiger partial charge in [0.15, 0.2) is 20.1 Å². The number of hydrogen-bond donors (Lipinski definition) is 8. The highest BCUT2D eigenvalue weighted by Crippen LogP contribution is 2.46. The maximum Gasteiger partial charge on any atom is 0.388 e. The van der Waals surface area contributed by atoms with Crippen LogP contribution in [0.2, 0.25) is 0 Å². The van der Waals surface area contributed by atoms with Crippen LogP contribution in [-0.4, -0.2) is 163 Å². The van der Waals surface area contributed by atoms with Crippen LogP contribution in [0.4, 0.5) is 50.7 Å². The molecule has 6 aliphatic carbocycles. The van der Waals surface area contributed by atoms with Crippen molar-refractivity contribution in [3.05, 3.63) is 199 Å². The molecule has 5 saturated carbocycles. The predicted octanol–water partition coefficient (Wildman–Crippen LogP) is 12.6. The number of alkyl halides is 2. The fourth-order valence-corrected chi connectivity index (χ4v) is 18.7. The molecule has 11 heterocycles. The summed E-state index contributed by atoms with van der Waals surface area (Å²) in [4.78, 5) is 67.1. The van der Waals surface area contributed by atoms with Gasteiger partial charge in [-0.15, -0.1) is 0 Å². The van der Waals surface area contributed by atoms with Gasteiger partial charge in [0.05, 0.1) is 89.0 Å². The van der Waals surface area contributed by atoms with Gasteiger partial charge in [-0.3, -0.25) is 18.7 Å². The minimum absolute atomic E-state index is 0.0905. The molecule has 0 radical (unpaired) electrons. The number of nitrogens with zero attached hydrogens (tertiary/aromatic N) is 12. The molecule has 8 aromatic heterocycles. The van der Waals surface area contributed by atoms with Gasteiger partial charge < -0.3 is 54.4 Å². The molecule has 39 nitrogen and oxygen atoms in total. The molecule has 5 fully saturated rings. The molecule has 0 atom stereocenters. The van der Waals surface area contributed by atoms with Crippen molar-refractivity contribution < 1.29 is 103 Å². The molecule has 132 heavy (non-hydrogen) atoms. The van der Waals surface area contributed by atoms with Gasteiger partial charge in [0.2, 0.25) is 23.5 Å². The molecule has 0 bridgehead atoms. The summed E-state index contributed by atoms with van der Waals surface area (Å²) in [7, 11) is -22.1. The van der Waals surface area contributed by atoms with Gasteiger partial charge >= 0.3 is 30.7 Å². The van der Waals surface area contributed by atoms with Crippen molar-refractivity contribution in [1.82, 2.24) is 77.9 Å². The summed E-state index contributed by atoms with van der Waals surface area (Å²) in [5.41, 5.74) is 10.3. The zero-order chi connectivity index (χ0) is 96.7. The van der Waals surface area contributed by atoms with Gasteiger partial charge in [-0.2, -0.15) is 62.8 Å². The first-order valence-corrected chi connectivity index (χ1v) is 47.8. The van der Waals surface area contributed by atoms with E-state index >= 15 is 0 Å². The van der Waals surface area contributed by atoms with E-state index in [9.17, 15) is 61.6 Å². The SMILES string of the molecule is O=C(Nc1c(-c2ccnc(OC(F)F)c2)ccc2c1CCO2)NS(=O)(=O)c1ccn(C2CC2)n1.O=C(Nc1c(-c2ccnc(OC3CC3)c2)ccc2c1CCO2)NS(=O)(=O)c1ccn(C2CC2)n1.[2H]C([2H])([2H])Oc1cc(-c2ccc3c(c2NC(=O)NS(=O)(=O)c2ccn(C4CC4)n2)CCC3)ccn1.[2H]C([2H])([2H])Oc1cc(-c2ccc3c(c2NC(=O)NS(=O)(=O)c2ccn(C4CC4)n2)CCO3)ccn1. The van der Waals surface area contributed by atoms with Gasteiger partial charge in [-0.25, -0.2) is 58.0 Å². The summed E-state index contributed by atoms with van der Waals surface area (Å²) in [5, 5.41) is 26.0. The number of hydrogen-bond acceptors (Lipinski definition) is 27. The Kier molecular flexibility index (Phi) is 22.6. The van der Waals surface area contributed by atoms with Crippen LogP contribution in [-0.2, 0) is 72.2 Å². The Bertz CT molecular complexity index is 6820. The number of pyridine rings is 4. The maximum absolute atomic E-state index is 12.8. The molecule has 45 heteroatoms. The van der Waals surface area contributed by atoms with Crippen molar-refractivity contribution >= 4 is 87.0 Å². The van der Waals surface area contributed by atoms with E-state index in [1.807, 2.05) is 44.5 Å². The number of aromatic nitrogens is 12. The highest BCUT2D eigenvalue weighted by atomic mass is 32.2. The lowest BCUT2D eigenvalue weighted by Crippen LogP contribution is -2.35. The van der Waals surface area contributed by atoms with Gasteiger partial charge in [0.25, 0.3) is 40.1 Å². The fraction of sp³-hybridized carbons (Fsp3) is 0.310. The van der Waals surface area contributed by atoms with Gasteiger partial charge in [0.1, 0.15) is 23.4 Å². The number of methoxy groups -OCH3 is 2. The normalized spacial score (nSPS) is 16.5. The Morgan fingerprint density at radius 3 is 1.02 bits per heavy atom. The number of aryl methyl sites for hydroxylation is 1. The number of fused-ring (bicyclic) bond motifs is 4. The minimum atomic E-state index is -4.21. The third kappa shape index (κ3) is 20.5. The number of sulfonamides is 4. The number of carbonyl (C=O) groups excluding carboxylic acids is 4. The third-order valence-electron chi connectivity index (χ3n) is 22.3. The van der Waals surface area contributed by atoms with E-state index in [0.717, 1.165) is 105 Å². The highest BCUT2D eigenvalue weighted by Gasteiger charge is 2.36. The number of urea groups is 4. The van der Waals surface area contributed by atoms with Crippen LogP contribution in [0, 0.1) is 0 Å². The molecule has 3 aliphatic heterocycles. The Labute approximate surface area is 762 Å². The van der Waals surface area contributed by atoms with Crippen LogP contribution < -0.4 is 73.3 Å². The van der Waals surface area contributed by atoms with Crippen molar-refractivity contribution in [1.29, 1.82) is 0 Å². The standard InChI is InChI=1S/C23H23N5O5S.C22H23N5O4S.C21H19F2N5O5S.C21H21N5O5S/c29-23(27-34(30,31)21-8-11-28(26-21)15-1-2-15)25-22-17(5-6-19-18(22)9-12-32-19)14-7-10-24-20(13-14)33-16-3-4-16;1-31-19-13-15(9-11-23-19)18-8-5-14-3-2-4-17(14)21(18)24-22(28)26-32(29,30)20-10-12-27(25-20)16-6-7-16;22-20(23)33-17-11-12(5-8-24-17)14-3-4-16-15(7-10-32-16)19(14)25-21(29)27-34(30,31)18-6-9-28(26-18)13-1-2-13;1-30-18-12-13(6-9-22-18)15-4-5-17-16(8-11-31-17)20(15)23-21(27)25-32(28,29)19-7-10-26(24-19)14-2-3-14/h5-8,10-11,13,15-16H,1-4,9,12H2,(H2,25,27,29);5,8-13,16H,2-4,6-7H2,1H3,(H2,24,26,28);3-6,8-9,11,13,20H,1-2,7,10H2,(H2,25,27,29);4-7,9-10,12,14H,2-3,8,11H2,1H3,(H2,23,25,27)/i;1D3;;1D3. The highest BCUT2D eigenvalue weighted by molar-refractivity contribution is 7.90. The molecular formula is C87H86F2N20O19S4. The average molecular weight is 1890 g/mol. The Balaban J connectivity index is 0.000000122. The maximum atomic E-state index is 12.8. The van der Waals surface area contributed by atoms with Gasteiger partial charge in [-0.05, 0) is 202 Å². The summed E-state index contributed by atoms with van der Waals surface area (Å²) in [6.07, 6.45) is 25.9. The van der Waals surface area contributed by atoms with Gasteiger partial charge in [0, 0.05) is 132 Å². The van der Waals surface area contributed by atoms with E-state index in [-0.39, 0.29) is 68.0 Å². The molecule has 0 unspecified atom stereocenters. The second kappa shape index (κ2) is 36.9. The summed E-state index contributed by atoms with van der Waals surface area (Å²) in [6, 6.07) is 29.3. The molecule has 4 aromatic carbocycles. The lowest BCUT2D eigenvalue weighted by atomic mass is 9.98. The molecule has 8 amide bonds. The van der Waals surface area contributed by atoms with E-state index in [1.54, 1.807) is 98.2 Å². The van der Waals surface area contributed by atoms with Crippen LogP contribution in [0.1, 0.15) is 131 Å². The van der Waals surface area contributed by atoms with Crippen LogP contribution in [0.5, 0.6) is 40.8 Å². The zero-order valence-electron chi connectivity index (χ0n) is 75.6. The smallest absolute Gasteiger partial charge is 0.388 e. The second-order valence-corrected chi connectivity index (χ2v) is 38.3. The number of amides is 8. The number of anilines is 4. The van der Waals surface area contributed by atoms with Crippen LogP contribution in [0.15, 0.2) is 191 Å². The monoisotopic (exact) mass is 1890 g/mol. The molecular weight excluding hydrogens is 1800 g/mol. The average Bonchev–Trinajstić information content (AvgIpc) is 1.74. The Hall–Kier alpha value is -14.3. The van der Waals surface area contributed by atoms with Crippen molar-refractivity contribution in [2.45, 2.75) is 160 Å². The van der Waals surface area contributed by atoms with E-state index in [0.29, 0.717) is 136 Å². The topological polar surface area (TPSA) is 489 Å². The lowest BCUT2D eigenvalue weighted by Gasteiger charge is -2.17. The molecule has 0 spiro atoms. The first kappa shape index (κ1) is 80.9. The first-order chi connectivity index (χ1) is 65.9. The first-order valence-electron chi connectivity index (χ1n) is 44.9. The number of carbonyl (C=O) groups is 4. The summed E-state index contributed by atoms with van der Waals surface area (Å²) in [6.45, 7) is -1.79. The van der Waals surface area contributed by atoms with Crippen molar-refractivity contribution in [2.75, 3.05) is 55.2 Å². The second-order valence-electron chi connectivity index (χ2n) is 31.8. The number of benzene rings is 4. The summed E-state index contributed by atoms with van der Waals surface area (Å²) >= 11 is 0. The van der Waals surface area contributed by atoms with Crippen LogP contribution in [0.25, 0.3) is 44.5 Å². The Morgan fingerprint density at radius 1 is 0.386 bits per heavy atom. The summed E-state index contributed by atoms with van der Waals surface area (Å²) < 4.78 is 222. The Morgan fingerprint density at radius 2 is 0.697 bits per heavy atom. The lowest BCUT2D eigenvalue weighted by molar-refractivity contribution is -0.0528. The van der Waals surface area contributed by atoms with Crippen LogP contribution in [0.3, 0.4) is 0 Å². The number of halogens is 2. The molecule has 21 rings (SSSR count). The summed E-state index contributed by atoms with van der Waals surface area (Å²) in [5.74, 6) is 1.75. The number of ether oxygens (including phenoxy) is 7. The zero-order valence-corrected chi connectivity index (χ0v) is 72.8.